The van der Waals surface area contributed by atoms with Crippen LogP contribution in [0.3, 0.4) is 0 Å². The Morgan fingerprint density at radius 2 is 1.87 bits per heavy atom. The summed E-state index contributed by atoms with van der Waals surface area (Å²) in [5.74, 6) is 1.37. The molecule has 6 heteroatoms. The zero-order valence-corrected chi connectivity index (χ0v) is 12.8. The summed E-state index contributed by atoms with van der Waals surface area (Å²) in [4.78, 5) is 23.8. The molecule has 1 fully saturated rings. The van der Waals surface area contributed by atoms with E-state index in [2.05, 4.69) is 15.2 Å². The zero-order valence-electron chi connectivity index (χ0n) is 12.8. The predicted molar refractivity (Wildman–Crippen MR) is 86.5 cm³/mol. The van der Waals surface area contributed by atoms with E-state index in [9.17, 15) is 4.79 Å². The third-order valence-corrected chi connectivity index (χ3v) is 4.20. The van der Waals surface area contributed by atoms with Crippen LogP contribution in [-0.4, -0.2) is 48.7 Å². The number of carbonyl (C=O) groups is 1. The van der Waals surface area contributed by atoms with Gasteiger partial charge in [0, 0.05) is 30.8 Å². The van der Waals surface area contributed by atoms with Gasteiger partial charge in [-0.1, -0.05) is 30.3 Å². The summed E-state index contributed by atoms with van der Waals surface area (Å²) in [6, 6.07) is 9.79. The van der Waals surface area contributed by atoms with E-state index in [1.807, 2.05) is 30.3 Å². The molecule has 118 valence electrons. The second-order valence-electron chi connectivity index (χ2n) is 5.67. The van der Waals surface area contributed by atoms with Crippen LogP contribution in [0.15, 0.2) is 30.3 Å². The Hall–Kier alpha value is -2.47. The SMILES string of the molecule is O=C1NCCc2c1nc(-c1ccccc1)nc2N1CCOCC1. The molecule has 1 N–H and O–H groups in total. The van der Waals surface area contributed by atoms with E-state index in [-0.39, 0.29) is 5.91 Å². The van der Waals surface area contributed by atoms with Crippen molar-refractivity contribution in [2.24, 2.45) is 0 Å². The van der Waals surface area contributed by atoms with E-state index in [1.165, 1.54) is 0 Å². The van der Waals surface area contributed by atoms with Gasteiger partial charge in [0.05, 0.1) is 13.2 Å². The lowest BCUT2D eigenvalue weighted by Gasteiger charge is -2.31. The predicted octanol–water partition coefficient (Wildman–Crippen LogP) is 1.27. The number of carbonyl (C=O) groups excluding carboxylic acids is 1. The van der Waals surface area contributed by atoms with Gasteiger partial charge in [-0.2, -0.15) is 0 Å². The van der Waals surface area contributed by atoms with Crippen molar-refractivity contribution in [3.63, 3.8) is 0 Å². The Labute approximate surface area is 134 Å². The molecule has 0 unspecified atom stereocenters. The van der Waals surface area contributed by atoms with Crippen molar-refractivity contribution < 1.29 is 9.53 Å². The number of ether oxygens (including phenoxy) is 1. The van der Waals surface area contributed by atoms with Crippen LogP contribution < -0.4 is 10.2 Å². The van der Waals surface area contributed by atoms with E-state index in [0.717, 1.165) is 36.5 Å². The van der Waals surface area contributed by atoms with E-state index in [1.54, 1.807) is 0 Å². The highest BCUT2D eigenvalue weighted by atomic mass is 16.5. The van der Waals surface area contributed by atoms with Crippen molar-refractivity contribution in [3.8, 4) is 11.4 Å². The molecule has 23 heavy (non-hydrogen) atoms. The maximum absolute atomic E-state index is 12.3. The first-order valence-corrected chi connectivity index (χ1v) is 7.90. The van der Waals surface area contributed by atoms with Gasteiger partial charge >= 0.3 is 0 Å². The third-order valence-electron chi connectivity index (χ3n) is 4.20. The third kappa shape index (κ3) is 2.66. The molecule has 2 aliphatic heterocycles. The number of anilines is 1. The Bertz CT molecular complexity index is 727. The fraction of sp³-hybridized carbons (Fsp3) is 0.353. The van der Waals surface area contributed by atoms with Gasteiger partial charge in [-0.3, -0.25) is 4.79 Å². The Kier molecular flexibility index (Phi) is 3.67. The van der Waals surface area contributed by atoms with Crippen molar-refractivity contribution in [2.45, 2.75) is 6.42 Å². The van der Waals surface area contributed by atoms with Gasteiger partial charge in [0.25, 0.3) is 5.91 Å². The summed E-state index contributed by atoms with van der Waals surface area (Å²) in [5, 5.41) is 2.87. The fourth-order valence-corrected chi connectivity index (χ4v) is 3.03. The molecular formula is C17H18N4O2. The number of rotatable bonds is 2. The summed E-state index contributed by atoms with van der Waals surface area (Å²) in [6.45, 7) is 3.59. The van der Waals surface area contributed by atoms with Gasteiger partial charge < -0.3 is 15.0 Å². The molecule has 0 spiro atoms. The summed E-state index contributed by atoms with van der Waals surface area (Å²) in [5.41, 5.74) is 2.38. The maximum Gasteiger partial charge on any atom is 0.270 e. The van der Waals surface area contributed by atoms with Crippen LogP contribution in [0.2, 0.25) is 0 Å². The molecule has 0 bridgehead atoms. The van der Waals surface area contributed by atoms with Gasteiger partial charge in [0.1, 0.15) is 11.5 Å². The first kappa shape index (κ1) is 14.1. The van der Waals surface area contributed by atoms with E-state index in [0.29, 0.717) is 31.3 Å². The molecular weight excluding hydrogens is 292 g/mol. The number of hydrogen-bond donors (Lipinski definition) is 1. The first-order valence-electron chi connectivity index (χ1n) is 7.90. The molecule has 0 aliphatic carbocycles. The van der Waals surface area contributed by atoms with E-state index < -0.39 is 0 Å². The number of hydrogen-bond acceptors (Lipinski definition) is 5. The number of nitrogens with one attached hydrogen (secondary N) is 1. The zero-order chi connectivity index (χ0) is 15.6. The fourth-order valence-electron chi connectivity index (χ4n) is 3.03. The van der Waals surface area contributed by atoms with Crippen LogP contribution >= 0.6 is 0 Å². The van der Waals surface area contributed by atoms with Gasteiger partial charge in [0.2, 0.25) is 0 Å². The van der Waals surface area contributed by atoms with Crippen molar-refractivity contribution in [1.82, 2.24) is 15.3 Å². The van der Waals surface area contributed by atoms with Crippen LogP contribution in [0, 0.1) is 0 Å². The maximum atomic E-state index is 12.3. The lowest BCUT2D eigenvalue weighted by Crippen LogP contribution is -2.40. The highest BCUT2D eigenvalue weighted by Gasteiger charge is 2.27. The van der Waals surface area contributed by atoms with E-state index in [4.69, 9.17) is 9.72 Å². The summed E-state index contributed by atoms with van der Waals surface area (Å²) in [6.07, 6.45) is 0.767. The molecule has 3 heterocycles. The van der Waals surface area contributed by atoms with Crippen molar-refractivity contribution in [3.05, 3.63) is 41.6 Å². The van der Waals surface area contributed by atoms with Gasteiger partial charge in [-0.15, -0.1) is 0 Å². The van der Waals surface area contributed by atoms with Crippen molar-refractivity contribution >= 4 is 11.7 Å². The van der Waals surface area contributed by atoms with Crippen molar-refractivity contribution in [2.75, 3.05) is 37.7 Å². The average molecular weight is 310 g/mol. The molecule has 2 aromatic rings. The average Bonchev–Trinajstić information content (AvgIpc) is 2.63. The molecule has 6 nitrogen and oxygen atoms in total. The van der Waals surface area contributed by atoms with Crippen LogP contribution in [0.1, 0.15) is 16.1 Å². The monoisotopic (exact) mass is 310 g/mol. The van der Waals surface area contributed by atoms with Gasteiger partial charge in [-0.25, -0.2) is 9.97 Å². The number of fused-ring (bicyclic) bond motifs is 1. The number of amides is 1. The summed E-state index contributed by atoms with van der Waals surface area (Å²) < 4.78 is 5.44. The highest BCUT2D eigenvalue weighted by Crippen LogP contribution is 2.28. The van der Waals surface area contributed by atoms with E-state index >= 15 is 0 Å². The second kappa shape index (κ2) is 5.96. The summed E-state index contributed by atoms with van der Waals surface area (Å²) in [7, 11) is 0. The van der Waals surface area contributed by atoms with Crippen LogP contribution in [0.4, 0.5) is 5.82 Å². The lowest BCUT2D eigenvalue weighted by molar-refractivity contribution is 0.0940. The topological polar surface area (TPSA) is 67.4 Å². The number of aromatic nitrogens is 2. The number of nitrogens with zero attached hydrogens (tertiary/aromatic N) is 3. The molecule has 1 saturated heterocycles. The number of morpholine rings is 1. The van der Waals surface area contributed by atoms with Crippen LogP contribution in [0.5, 0.6) is 0 Å². The molecule has 1 aromatic carbocycles. The quantitative estimate of drug-likeness (QED) is 0.905. The normalized spacial score (nSPS) is 17.6. The van der Waals surface area contributed by atoms with Gasteiger partial charge in [0.15, 0.2) is 5.82 Å². The largest absolute Gasteiger partial charge is 0.378 e. The van der Waals surface area contributed by atoms with Crippen LogP contribution in [-0.2, 0) is 11.2 Å². The lowest BCUT2D eigenvalue weighted by atomic mass is 10.0. The molecule has 0 saturated carbocycles. The minimum atomic E-state index is -0.111. The first-order chi connectivity index (χ1) is 11.3. The molecule has 0 atom stereocenters. The molecule has 1 aromatic heterocycles. The minimum absolute atomic E-state index is 0.111. The minimum Gasteiger partial charge on any atom is -0.378 e. The Morgan fingerprint density at radius 3 is 2.65 bits per heavy atom. The molecule has 1 amide bonds. The molecule has 2 aliphatic rings. The van der Waals surface area contributed by atoms with Crippen LogP contribution in [0.25, 0.3) is 11.4 Å². The Balaban J connectivity index is 1.85. The van der Waals surface area contributed by atoms with Crippen molar-refractivity contribution in [1.29, 1.82) is 0 Å². The molecule has 4 rings (SSSR count). The summed E-state index contributed by atoms with van der Waals surface area (Å²) >= 11 is 0. The number of benzene rings is 1. The highest BCUT2D eigenvalue weighted by molar-refractivity contribution is 5.96. The molecule has 0 radical (unpaired) electrons. The smallest absolute Gasteiger partial charge is 0.270 e. The second-order valence-corrected chi connectivity index (χ2v) is 5.67. The van der Waals surface area contributed by atoms with Gasteiger partial charge in [-0.05, 0) is 6.42 Å². The Morgan fingerprint density at radius 1 is 1.09 bits per heavy atom. The standard InChI is InChI=1S/C17H18N4O2/c22-17-14-13(6-7-18-17)16(21-8-10-23-11-9-21)20-15(19-14)12-4-2-1-3-5-12/h1-5H,6-11H2,(H,18,22).